The Morgan fingerprint density at radius 1 is 1.35 bits per heavy atom. The van der Waals surface area contributed by atoms with Crippen molar-refractivity contribution in [2.24, 2.45) is 23.3 Å². The lowest BCUT2D eigenvalue weighted by atomic mass is 9.78. The van der Waals surface area contributed by atoms with Crippen molar-refractivity contribution >= 4 is 11.8 Å². The summed E-state index contributed by atoms with van der Waals surface area (Å²) >= 11 is 0. The molecule has 4 N–H and O–H groups in total. The molecule has 1 saturated heterocycles. The maximum absolute atomic E-state index is 12.6. The molecule has 6 nitrogen and oxygen atoms in total. The van der Waals surface area contributed by atoms with Gasteiger partial charge in [-0.05, 0) is 25.2 Å². The highest BCUT2D eigenvalue weighted by Crippen LogP contribution is 2.31. The summed E-state index contributed by atoms with van der Waals surface area (Å²) in [6.45, 7) is 3.05. The van der Waals surface area contributed by atoms with Gasteiger partial charge in [-0.15, -0.1) is 0 Å². The molecule has 0 spiro atoms. The molecule has 4 atom stereocenters. The van der Waals surface area contributed by atoms with Crippen LogP contribution in [0.2, 0.25) is 0 Å². The van der Waals surface area contributed by atoms with Crippen molar-refractivity contribution in [3.63, 3.8) is 0 Å². The molecule has 2 rings (SSSR count). The zero-order valence-electron chi connectivity index (χ0n) is 12.1. The van der Waals surface area contributed by atoms with E-state index in [0.29, 0.717) is 19.1 Å². The minimum absolute atomic E-state index is 0.0104. The second-order valence-corrected chi connectivity index (χ2v) is 6.00. The van der Waals surface area contributed by atoms with Gasteiger partial charge in [-0.2, -0.15) is 0 Å². The first-order chi connectivity index (χ1) is 9.50. The summed E-state index contributed by atoms with van der Waals surface area (Å²) in [5.41, 5.74) is 11.4. The van der Waals surface area contributed by atoms with Gasteiger partial charge >= 0.3 is 0 Å². The van der Waals surface area contributed by atoms with E-state index in [9.17, 15) is 9.59 Å². The predicted octanol–water partition coefficient (Wildman–Crippen LogP) is -0.147. The smallest absolute Gasteiger partial charge is 0.242 e. The van der Waals surface area contributed by atoms with Crippen LogP contribution in [-0.2, 0) is 14.3 Å². The van der Waals surface area contributed by atoms with Gasteiger partial charge in [0.25, 0.3) is 0 Å². The van der Waals surface area contributed by atoms with Crippen LogP contribution in [0.5, 0.6) is 0 Å². The van der Waals surface area contributed by atoms with Crippen LogP contribution in [0.25, 0.3) is 0 Å². The Hall–Kier alpha value is -1.14. The number of hydrogen-bond donors (Lipinski definition) is 2. The van der Waals surface area contributed by atoms with Gasteiger partial charge in [-0.3, -0.25) is 9.59 Å². The fourth-order valence-corrected chi connectivity index (χ4v) is 3.29. The van der Waals surface area contributed by atoms with Crippen LogP contribution in [0.15, 0.2) is 0 Å². The van der Waals surface area contributed by atoms with E-state index in [2.05, 4.69) is 0 Å². The van der Waals surface area contributed by atoms with Gasteiger partial charge in [0.2, 0.25) is 11.8 Å². The third-order valence-corrected chi connectivity index (χ3v) is 4.59. The third-order valence-electron chi connectivity index (χ3n) is 4.59. The number of hydrogen-bond acceptors (Lipinski definition) is 4. The summed E-state index contributed by atoms with van der Waals surface area (Å²) in [5.74, 6) is -0.286. The van der Waals surface area contributed by atoms with Gasteiger partial charge in [-0.1, -0.05) is 13.3 Å². The molecule has 1 aliphatic carbocycles. The van der Waals surface area contributed by atoms with Crippen molar-refractivity contribution in [1.29, 1.82) is 0 Å². The zero-order chi connectivity index (χ0) is 14.7. The second-order valence-electron chi connectivity index (χ2n) is 6.00. The highest BCUT2D eigenvalue weighted by Gasteiger charge is 2.37. The summed E-state index contributed by atoms with van der Waals surface area (Å²) < 4.78 is 5.25. The molecule has 6 heteroatoms. The highest BCUT2D eigenvalue weighted by atomic mass is 16.5. The molecule has 1 heterocycles. The fraction of sp³-hybridized carbons (Fsp3) is 0.857. The Morgan fingerprint density at radius 2 is 2.10 bits per heavy atom. The number of amides is 2. The van der Waals surface area contributed by atoms with E-state index in [0.717, 1.165) is 25.7 Å². The number of morpholine rings is 1. The van der Waals surface area contributed by atoms with E-state index in [1.54, 1.807) is 4.90 Å². The average Bonchev–Trinajstić information content (AvgIpc) is 2.45. The van der Waals surface area contributed by atoms with Crippen molar-refractivity contribution in [3.05, 3.63) is 0 Å². The molecular formula is C14H25N3O3. The SMILES string of the molecule is CC(C(=O)N1CCOCC1C(N)=O)C1CCCC(N)C1. The molecule has 20 heavy (non-hydrogen) atoms. The molecule has 0 radical (unpaired) electrons. The monoisotopic (exact) mass is 283 g/mol. The van der Waals surface area contributed by atoms with E-state index in [-0.39, 0.29) is 24.5 Å². The van der Waals surface area contributed by atoms with Crippen LogP contribution in [-0.4, -0.2) is 48.6 Å². The normalized spacial score (nSPS) is 32.7. The lowest BCUT2D eigenvalue weighted by Crippen LogP contribution is -2.56. The van der Waals surface area contributed by atoms with Crippen molar-refractivity contribution < 1.29 is 14.3 Å². The molecule has 1 aliphatic heterocycles. The first-order valence-corrected chi connectivity index (χ1v) is 7.43. The van der Waals surface area contributed by atoms with Crippen molar-refractivity contribution in [2.45, 2.75) is 44.7 Å². The summed E-state index contributed by atoms with van der Waals surface area (Å²) in [4.78, 5) is 25.7. The molecule has 0 aromatic rings. The standard InChI is InChI=1S/C14H25N3O3/c1-9(10-3-2-4-11(15)7-10)14(19)17-5-6-20-8-12(17)13(16)18/h9-12H,2-8,15H2,1H3,(H2,16,18). The Morgan fingerprint density at radius 3 is 2.75 bits per heavy atom. The van der Waals surface area contributed by atoms with Crippen LogP contribution < -0.4 is 11.5 Å². The molecular weight excluding hydrogens is 258 g/mol. The Balaban J connectivity index is 2.02. The number of ether oxygens (including phenoxy) is 1. The van der Waals surface area contributed by atoms with Crippen LogP contribution in [0.4, 0.5) is 0 Å². The number of carbonyl (C=O) groups is 2. The number of nitrogens with two attached hydrogens (primary N) is 2. The highest BCUT2D eigenvalue weighted by molar-refractivity contribution is 5.88. The lowest BCUT2D eigenvalue weighted by molar-refractivity contribution is -0.151. The second kappa shape index (κ2) is 6.54. The number of carbonyl (C=O) groups excluding carboxylic acids is 2. The first-order valence-electron chi connectivity index (χ1n) is 7.43. The number of rotatable bonds is 3. The summed E-state index contributed by atoms with van der Waals surface area (Å²) in [6.07, 6.45) is 4.04. The maximum atomic E-state index is 12.6. The van der Waals surface area contributed by atoms with Crippen molar-refractivity contribution in [2.75, 3.05) is 19.8 Å². The van der Waals surface area contributed by atoms with E-state index in [1.165, 1.54) is 0 Å². The van der Waals surface area contributed by atoms with Gasteiger partial charge in [-0.25, -0.2) is 0 Å². The molecule has 114 valence electrons. The van der Waals surface area contributed by atoms with Gasteiger partial charge in [0, 0.05) is 18.5 Å². The zero-order valence-corrected chi connectivity index (χ0v) is 12.1. The fourth-order valence-electron chi connectivity index (χ4n) is 3.29. The Labute approximate surface area is 119 Å². The van der Waals surface area contributed by atoms with Crippen molar-refractivity contribution in [3.8, 4) is 0 Å². The van der Waals surface area contributed by atoms with Crippen LogP contribution in [0, 0.1) is 11.8 Å². The Kier molecular flexibility index (Phi) is 4.99. The van der Waals surface area contributed by atoms with E-state index >= 15 is 0 Å². The summed E-state index contributed by atoms with van der Waals surface area (Å²) in [7, 11) is 0. The predicted molar refractivity (Wildman–Crippen MR) is 74.6 cm³/mol. The Bertz CT molecular complexity index is 375. The van der Waals surface area contributed by atoms with Crippen molar-refractivity contribution in [1.82, 2.24) is 4.90 Å². The molecule has 2 amide bonds. The number of nitrogens with zero attached hydrogens (tertiary/aromatic N) is 1. The molecule has 2 fully saturated rings. The minimum Gasteiger partial charge on any atom is -0.377 e. The first kappa shape index (κ1) is 15.3. The van der Waals surface area contributed by atoms with Crippen LogP contribution >= 0.6 is 0 Å². The lowest BCUT2D eigenvalue weighted by Gasteiger charge is -2.38. The third kappa shape index (κ3) is 3.30. The molecule has 4 unspecified atom stereocenters. The molecule has 0 aromatic heterocycles. The van der Waals surface area contributed by atoms with Crippen LogP contribution in [0.1, 0.15) is 32.6 Å². The van der Waals surface area contributed by atoms with Gasteiger partial charge in [0.15, 0.2) is 0 Å². The average molecular weight is 283 g/mol. The van der Waals surface area contributed by atoms with Gasteiger partial charge in [0.1, 0.15) is 6.04 Å². The maximum Gasteiger partial charge on any atom is 0.242 e. The van der Waals surface area contributed by atoms with Crippen LogP contribution in [0.3, 0.4) is 0 Å². The molecule has 0 bridgehead atoms. The number of primary amides is 1. The van der Waals surface area contributed by atoms with E-state index in [1.807, 2.05) is 6.92 Å². The van der Waals surface area contributed by atoms with E-state index < -0.39 is 11.9 Å². The summed E-state index contributed by atoms with van der Waals surface area (Å²) in [6, 6.07) is -0.434. The topological polar surface area (TPSA) is 98.6 Å². The van der Waals surface area contributed by atoms with Gasteiger partial charge < -0.3 is 21.1 Å². The molecule has 2 aliphatic rings. The van der Waals surface area contributed by atoms with E-state index in [4.69, 9.17) is 16.2 Å². The van der Waals surface area contributed by atoms with Gasteiger partial charge in [0.05, 0.1) is 13.2 Å². The quantitative estimate of drug-likeness (QED) is 0.752. The minimum atomic E-state index is -0.629. The summed E-state index contributed by atoms with van der Waals surface area (Å²) in [5, 5.41) is 0. The largest absolute Gasteiger partial charge is 0.377 e. The molecule has 0 aromatic carbocycles. The molecule has 1 saturated carbocycles.